The van der Waals surface area contributed by atoms with Crippen LogP contribution in [-0.2, 0) is 9.47 Å². The zero-order valence-corrected chi connectivity index (χ0v) is 17.1. The molecule has 1 atom stereocenters. The molecule has 1 heterocycles. The first-order chi connectivity index (χ1) is 11.6. The molecule has 2 nitrogen and oxygen atoms in total. The Morgan fingerprint density at radius 2 is 1.58 bits per heavy atom. The highest BCUT2D eigenvalue weighted by molar-refractivity contribution is 5.47. The second-order valence-corrected chi connectivity index (χ2v) is 4.00. The number of ether oxygens (including phenoxy) is 2. The zero-order valence-electron chi connectivity index (χ0n) is 17.1. The first-order valence-electron chi connectivity index (χ1n) is 8.94. The van der Waals surface area contributed by atoms with Crippen LogP contribution in [0.3, 0.4) is 0 Å². The SMILES string of the molecule is C=CC(=C)C(/C=C\C)=C\C1=C(C=C)OC(C)CO1.CC.CC.CC. The van der Waals surface area contributed by atoms with Gasteiger partial charge >= 0.3 is 0 Å². The van der Waals surface area contributed by atoms with E-state index in [1.807, 2.05) is 73.6 Å². The molecule has 0 saturated carbocycles. The van der Waals surface area contributed by atoms with Crippen LogP contribution < -0.4 is 0 Å². The largest absolute Gasteiger partial charge is 0.486 e. The van der Waals surface area contributed by atoms with Gasteiger partial charge in [-0.15, -0.1) is 0 Å². The van der Waals surface area contributed by atoms with Gasteiger partial charge in [0.25, 0.3) is 0 Å². The molecule has 0 bridgehead atoms. The van der Waals surface area contributed by atoms with Crippen LogP contribution in [0.2, 0.25) is 0 Å². The molecule has 0 spiro atoms. The van der Waals surface area contributed by atoms with E-state index in [0.29, 0.717) is 18.1 Å². The summed E-state index contributed by atoms with van der Waals surface area (Å²) in [6.45, 7) is 27.8. The minimum absolute atomic E-state index is 0.0444. The van der Waals surface area contributed by atoms with Crippen molar-refractivity contribution >= 4 is 0 Å². The van der Waals surface area contributed by atoms with Crippen LogP contribution in [0.1, 0.15) is 55.4 Å². The van der Waals surface area contributed by atoms with Gasteiger partial charge in [-0.25, -0.2) is 0 Å². The predicted molar refractivity (Wildman–Crippen MR) is 110 cm³/mol. The van der Waals surface area contributed by atoms with Gasteiger partial charge in [-0.2, -0.15) is 0 Å². The number of hydrogen-bond acceptors (Lipinski definition) is 2. The smallest absolute Gasteiger partial charge is 0.161 e. The Morgan fingerprint density at radius 1 is 1.04 bits per heavy atom. The van der Waals surface area contributed by atoms with E-state index < -0.39 is 0 Å². The molecule has 0 amide bonds. The maximum absolute atomic E-state index is 5.66. The average Bonchev–Trinajstić information content (AvgIpc) is 2.66. The summed E-state index contributed by atoms with van der Waals surface area (Å²) < 4.78 is 11.3. The molecule has 0 N–H and O–H groups in total. The lowest BCUT2D eigenvalue weighted by Crippen LogP contribution is -2.21. The summed E-state index contributed by atoms with van der Waals surface area (Å²) in [5.41, 5.74) is 1.78. The van der Waals surface area contributed by atoms with Crippen molar-refractivity contribution in [3.63, 3.8) is 0 Å². The van der Waals surface area contributed by atoms with Crippen LogP contribution in [0.4, 0.5) is 0 Å². The summed E-state index contributed by atoms with van der Waals surface area (Å²) in [6, 6.07) is 0. The lowest BCUT2D eigenvalue weighted by Gasteiger charge is -2.24. The molecular weight excluding hydrogens is 296 g/mol. The third-order valence-electron chi connectivity index (χ3n) is 2.48. The van der Waals surface area contributed by atoms with E-state index >= 15 is 0 Å². The molecule has 138 valence electrons. The molecule has 1 unspecified atom stereocenters. The minimum atomic E-state index is 0.0444. The van der Waals surface area contributed by atoms with Crippen molar-refractivity contribution in [3.8, 4) is 0 Å². The molecule has 24 heavy (non-hydrogen) atoms. The Balaban J connectivity index is -0.000000659. The summed E-state index contributed by atoms with van der Waals surface area (Å²) in [7, 11) is 0. The average molecular weight is 335 g/mol. The monoisotopic (exact) mass is 334 g/mol. The van der Waals surface area contributed by atoms with Gasteiger partial charge in [0.15, 0.2) is 11.5 Å². The fourth-order valence-corrected chi connectivity index (χ4v) is 1.54. The normalized spacial score (nSPS) is 16.0. The lowest BCUT2D eigenvalue weighted by molar-refractivity contribution is 0.0188. The summed E-state index contributed by atoms with van der Waals surface area (Å²) in [6.07, 6.45) is 9.22. The van der Waals surface area contributed by atoms with Crippen molar-refractivity contribution in [3.05, 3.63) is 72.8 Å². The van der Waals surface area contributed by atoms with E-state index in [0.717, 1.165) is 11.1 Å². The van der Waals surface area contributed by atoms with Crippen molar-refractivity contribution < 1.29 is 9.47 Å². The van der Waals surface area contributed by atoms with Crippen molar-refractivity contribution in [2.24, 2.45) is 0 Å². The fourth-order valence-electron chi connectivity index (χ4n) is 1.54. The van der Waals surface area contributed by atoms with E-state index in [2.05, 4.69) is 19.7 Å². The summed E-state index contributed by atoms with van der Waals surface area (Å²) in [5, 5.41) is 0. The highest BCUT2D eigenvalue weighted by Gasteiger charge is 2.17. The van der Waals surface area contributed by atoms with E-state index in [-0.39, 0.29) is 6.10 Å². The molecule has 1 aliphatic rings. The molecule has 0 aliphatic carbocycles. The minimum Gasteiger partial charge on any atom is -0.486 e. The van der Waals surface area contributed by atoms with Gasteiger partial charge in [-0.05, 0) is 37.1 Å². The molecule has 0 aromatic rings. The van der Waals surface area contributed by atoms with Gasteiger partial charge in [-0.3, -0.25) is 0 Å². The van der Waals surface area contributed by atoms with E-state index in [1.165, 1.54) is 0 Å². The van der Waals surface area contributed by atoms with Crippen LogP contribution >= 0.6 is 0 Å². The molecule has 0 radical (unpaired) electrons. The third-order valence-corrected chi connectivity index (χ3v) is 2.48. The second kappa shape index (κ2) is 19.1. The maximum atomic E-state index is 5.66. The maximum Gasteiger partial charge on any atom is 0.161 e. The van der Waals surface area contributed by atoms with Crippen LogP contribution in [0, 0.1) is 0 Å². The first kappa shape index (κ1) is 26.9. The van der Waals surface area contributed by atoms with Gasteiger partial charge in [0.2, 0.25) is 0 Å². The van der Waals surface area contributed by atoms with Crippen molar-refractivity contribution in [2.45, 2.75) is 61.5 Å². The number of hydrogen-bond donors (Lipinski definition) is 0. The molecular formula is C22H38O2. The Kier molecular flexibility index (Phi) is 21.4. The summed E-state index contributed by atoms with van der Waals surface area (Å²) >= 11 is 0. The van der Waals surface area contributed by atoms with Crippen molar-refractivity contribution in [2.75, 3.05) is 6.61 Å². The number of rotatable bonds is 5. The standard InChI is InChI=1S/C16H20O2.3C2H6/c1-6-9-14(12(4)7-2)10-16-15(8-3)18-13(5)11-17-16;3*1-2/h6-10,13H,2-4,11H2,1,5H3;3*1-2H3/b9-6-,14-10-;;;. The predicted octanol–water partition coefficient (Wildman–Crippen LogP) is 7.14. The Morgan fingerprint density at radius 3 is 2.00 bits per heavy atom. The van der Waals surface area contributed by atoms with Crippen LogP contribution in [-0.4, -0.2) is 12.7 Å². The molecule has 2 heteroatoms. The second-order valence-electron chi connectivity index (χ2n) is 4.00. The van der Waals surface area contributed by atoms with E-state index in [9.17, 15) is 0 Å². The molecule has 1 aliphatic heterocycles. The fraction of sp³-hybridized carbons (Fsp3) is 0.455. The van der Waals surface area contributed by atoms with Crippen LogP contribution in [0.15, 0.2) is 72.8 Å². The molecule has 0 aromatic carbocycles. The van der Waals surface area contributed by atoms with Crippen molar-refractivity contribution in [1.82, 2.24) is 0 Å². The van der Waals surface area contributed by atoms with Gasteiger partial charge in [-0.1, -0.05) is 79.5 Å². The van der Waals surface area contributed by atoms with Gasteiger partial charge in [0, 0.05) is 0 Å². The third kappa shape index (κ3) is 10.7. The van der Waals surface area contributed by atoms with E-state index in [4.69, 9.17) is 9.47 Å². The van der Waals surface area contributed by atoms with Crippen molar-refractivity contribution in [1.29, 1.82) is 0 Å². The van der Waals surface area contributed by atoms with Crippen LogP contribution in [0.25, 0.3) is 0 Å². The van der Waals surface area contributed by atoms with E-state index in [1.54, 1.807) is 12.2 Å². The highest BCUT2D eigenvalue weighted by atomic mass is 16.6. The highest BCUT2D eigenvalue weighted by Crippen LogP contribution is 2.23. The summed E-state index contributed by atoms with van der Waals surface area (Å²) in [5.74, 6) is 1.34. The Labute approximate surface area is 151 Å². The topological polar surface area (TPSA) is 18.5 Å². The summed E-state index contributed by atoms with van der Waals surface area (Å²) in [4.78, 5) is 0. The lowest BCUT2D eigenvalue weighted by atomic mass is 10.1. The van der Waals surface area contributed by atoms with Crippen LogP contribution in [0.5, 0.6) is 0 Å². The molecule has 0 saturated heterocycles. The van der Waals surface area contributed by atoms with Gasteiger partial charge < -0.3 is 9.47 Å². The molecule has 0 aromatic heterocycles. The molecule has 0 fully saturated rings. The quantitative estimate of drug-likeness (QED) is 0.497. The number of allylic oxidation sites excluding steroid dienone is 7. The van der Waals surface area contributed by atoms with Gasteiger partial charge in [0.05, 0.1) is 0 Å². The zero-order chi connectivity index (χ0) is 19.5. The Bertz CT molecular complexity index is 437. The van der Waals surface area contributed by atoms with Gasteiger partial charge in [0.1, 0.15) is 12.7 Å². The first-order valence-corrected chi connectivity index (χ1v) is 8.94. The Hall–Kier alpha value is -1.96. The molecule has 1 rings (SSSR count).